The van der Waals surface area contributed by atoms with E-state index in [1.807, 2.05) is 0 Å². The lowest BCUT2D eigenvalue weighted by Crippen LogP contribution is -2.06. The Hall–Kier alpha value is -3.81. The lowest BCUT2D eigenvalue weighted by molar-refractivity contribution is -0.384. The van der Waals surface area contributed by atoms with Crippen LogP contribution in [-0.2, 0) is 14.3 Å². The Morgan fingerprint density at radius 2 is 1.89 bits per heavy atom. The van der Waals surface area contributed by atoms with E-state index >= 15 is 0 Å². The lowest BCUT2D eigenvalue weighted by Gasteiger charge is -2.10. The normalized spacial score (nSPS) is 14.6. The van der Waals surface area contributed by atoms with Crippen LogP contribution in [0, 0.1) is 24.0 Å². The van der Waals surface area contributed by atoms with Crippen molar-refractivity contribution in [2.45, 2.75) is 20.8 Å². The number of non-ortho nitro benzene ring substituents is 1. The molecule has 1 heterocycles. The third-order valence-corrected chi connectivity index (χ3v) is 3.96. The van der Waals surface area contributed by atoms with Gasteiger partial charge in [0.05, 0.1) is 4.92 Å². The number of rotatable bonds is 4. The van der Waals surface area contributed by atoms with Gasteiger partial charge in [-0.1, -0.05) is 6.07 Å². The third kappa shape index (κ3) is 3.96. The molecular weight excluding hydrogens is 364 g/mol. The van der Waals surface area contributed by atoms with E-state index in [-0.39, 0.29) is 17.3 Å². The van der Waals surface area contributed by atoms with Gasteiger partial charge in [0.2, 0.25) is 5.90 Å². The SMILES string of the molecule is CC(=O)Oc1c(C)cc(/C=C2/N=C(c3cccc([N+](=O)[O-])c3)OC2=O)cc1C. The molecule has 8 heteroatoms. The fourth-order valence-corrected chi connectivity index (χ4v) is 2.81. The molecule has 0 radical (unpaired) electrons. The molecule has 28 heavy (non-hydrogen) atoms. The fraction of sp³-hybridized carbons (Fsp3) is 0.150. The Bertz CT molecular complexity index is 1050. The van der Waals surface area contributed by atoms with Crippen LogP contribution in [0.4, 0.5) is 5.69 Å². The molecule has 3 rings (SSSR count). The van der Waals surface area contributed by atoms with Crippen LogP contribution in [0.5, 0.6) is 5.75 Å². The van der Waals surface area contributed by atoms with Gasteiger partial charge in [-0.25, -0.2) is 9.79 Å². The summed E-state index contributed by atoms with van der Waals surface area (Å²) in [7, 11) is 0. The molecular formula is C20H16N2O6. The van der Waals surface area contributed by atoms with E-state index < -0.39 is 16.9 Å². The van der Waals surface area contributed by atoms with Crippen molar-refractivity contribution in [1.82, 2.24) is 0 Å². The molecule has 8 nitrogen and oxygen atoms in total. The second-order valence-electron chi connectivity index (χ2n) is 6.22. The van der Waals surface area contributed by atoms with Crippen LogP contribution in [0.25, 0.3) is 6.08 Å². The van der Waals surface area contributed by atoms with E-state index in [4.69, 9.17) is 9.47 Å². The van der Waals surface area contributed by atoms with Crippen LogP contribution in [0.1, 0.15) is 29.2 Å². The summed E-state index contributed by atoms with van der Waals surface area (Å²) in [4.78, 5) is 37.9. The maximum atomic E-state index is 12.2. The summed E-state index contributed by atoms with van der Waals surface area (Å²) < 4.78 is 10.3. The van der Waals surface area contributed by atoms with Gasteiger partial charge in [-0.3, -0.25) is 14.9 Å². The number of benzene rings is 2. The van der Waals surface area contributed by atoms with Crippen LogP contribution < -0.4 is 4.74 Å². The predicted octanol–water partition coefficient (Wildman–Crippen LogP) is 3.48. The largest absolute Gasteiger partial charge is 0.426 e. The summed E-state index contributed by atoms with van der Waals surface area (Å²) in [6, 6.07) is 9.21. The van der Waals surface area contributed by atoms with Gasteiger partial charge in [-0.15, -0.1) is 0 Å². The van der Waals surface area contributed by atoms with Gasteiger partial charge in [-0.2, -0.15) is 0 Å². The fourth-order valence-electron chi connectivity index (χ4n) is 2.81. The molecule has 0 amide bonds. The van der Waals surface area contributed by atoms with Crippen molar-refractivity contribution in [3.05, 3.63) is 74.5 Å². The predicted molar refractivity (Wildman–Crippen MR) is 101 cm³/mol. The summed E-state index contributed by atoms with van der Waals surface area (Å²) >= 11 is 0. The van der Waals surface area contributed by atoms with E-state index in [1.165, 1.54) is 25.1 Å². The zero-order chi connectivity index (χ0) is 20.4. The van der Waals surface area contributed by atoms with Gasteiger partial charge in [0.25, 0.3) is 5.69 Å². The van der Waals surface area contributed by atoms with Crippen LogP contribution in [0.15, 0.2) is 47.1 Å². The Balaban J connectivity index is 1.95. The minimum absolute atomic E-state index is 0.00456. The zero-order valence-electron chi connectivity index (χ0n) is 15.4. The number of nitro benzene ring substituents is 1. The highest BCUT2D eigenvalue weighted by molar-refractivity contribution is 6.13. The topological polar surface area (TPSA) is 108 Å². The van der Waals surface area contributed by atoms with Crippen molar-refractivity contribution in [3.8, 4) is 5.75 Å². The minimum Gasteiger partial charge on any atom is -0.426 e. The van der Waals surface area contributed by atoms with Gasteiger partial charge in [0.1, 0.15) is 5.75 Å². The number of aryl methyl sites for hydroxylation is 2. The van der Waals surface area contributed by atoms with Crippen LogP contribution in [0.2, 0.25) is 0 Å². The van der Waals surface area contributed by atoms with Crippen LogP contribution in [0.3, 0.4) is 0 Å². The molecule has 1 aliphatic heterocycles. The molecule has 0 fully saturated rings. The standard InChI is InChI=1S/C20H16N2O6/c1-11-7-14(8-12(2)18(11)27-13(3)23)9-17-20(24)28-19(21-17)15-5-4-6-16(10-15)22(25)26/h4-10H,1-3H3/b17-9+. The highest BCUT2D eigenvalue weighted by Gasteiger charge is 2.25. The summed E-state index contributed by atoms with van der Waals surface area (Å²) in [6.45, 7) is 4.91. The second-order valence-corrected chi connectivity index (χ2v) is 6.22. The minimum atomic E-state index is -0.652. The molecule has 2 aromatic carbocycles. The van der Waals surface area contributed by atoms with Gasteiger partial charge >= 0.3 is 11.9 Å². The molecule has 0 saturated carbocycles. The van der Waals surface area contributed by atoms with Crippen molar-refractivity contribution >= 4 is 29.6 Å². The van der Waals surface area contributed by atoms with E-state index in [9.17, 15) is 19.7 Å². The van der Waals surface area contributed by atoms with Gasteiger partial charge in [-0.05, 0) is 54.8 Å². The summed E-state index contributed by atoms with van der Waals surface area (Å²) in [5.74, 6) is -0.585. The summed E-state index contributed by atoms with van der Waals surface area (Å²) in [6.07, 6.45) is 1.55. The molecule has 0 saturated heterocycles. The van der Waals surface area contributed by atoms with Crippen molar-refractivity contribution in [2.24, 2.45) is 4.99 Å². The van der Waals surface area contributed by atoms with E-state index in [0.717, 1.165) is 11.1 Å². The molecule has 0 aliphatic carbocycles. The molecule has 142 valence electrons. The van der Waals surface area contributed by atoms with Crippen molar-refractivity contribution < 1.29 is 24.0 Å². The first-order chi connectivity index (χ1) is 13.2. The Labute approximate surface area is 160 Å². The Morgan fingerprint density at radius 3 is 2.50 bits per heavy atom. The van der Waals surface area contributed by atoms with E-state index in [0.29, 0.717) is 16.9 Å². The number of nitro groups is 1. The highest BCUT2D eigenvalue weighted by Crippen LogP contribution is 2.27. The highest BCUT2D eigenvalue weighted by atomic mass is 16.6. The Kier molecular flexibility index (Phi) is 5.04. The molecule has 0 aromatic heterocycles. The number of ether oxygens (including phenoxy) is 2. The number of esters is 2. The molecule has 1 aliphatic rings. The monoisotopic (exact) mass is 380 g/mol. The maximum absolute atomic E-state index is 12.2. The molecule has 0 atom stereocenters. The Morgan fingerprint density at radius 1 is 1.21 bits per heavy atom. The van der Waals surface area contributed by atoms with Crippen molar-refractivity contribution in [2.75, 3.05) is 0 Å². The van der Waals surface area contributed by atoms with Gasteiger partial charge in [0, 0.05) is 24.6 Å². The first-order valence-electron chi connectivity index (χ1n) is 8.31. The molecule has 0 bridgehead atoms. The second kappa shape index (κ2) is 7.43. The zero-order valence-corrected chi connectivity index (χ0v) is 15.4. The number of hydrogen-bond donors (Lipinski definition) is 0. The van der Waals surface area contributed by atoms with Crippen molar-refractivity contribution in [3.63, 3.8) is 0 Å². The number of carbonyl (C=O) groups is 2. The molecule has 2 aromatic rings. The number of nitrogens with zero attached hydrogens (tertiary/aromatic N) is 2. The molecule has 0 unspecified atom stereocenters. The molecule has 0 N–H and O–H groups in total. The van der Waals surface area contributed by atoms with Crippen molar-refractivity contribution in [1.29, 1.82) is 0 Å². The van der Waals surface area contributed by atoms with Gasteiger partial charge < -0.3 is 9.47 Å². The van der Waals surface area contributed by atoms with E-state index in [1.54, 1.807) is 38.1 Å². The summed E-state index contributed by atoms with van der Waals surface area (Å²) in [5.41, 5.74) is 2.43. The first-order valence-corrected chi connectivity index (χ1v) is 8.31. The quantitative estimate of drug-likeness (QED) is 0.264. The third-order valence-electron chi connectivity index (χ3n) is 3.96. The summed E-state index contributed by atoms with van der Waals surface area (Å²) in [5, 5.41) is 10.9. The number of aliphatic imine (C=N–C) groups is 1. The van der Waals surface area contributed by atoms with E-state index in [2.05, 4.69) is 4.99 Å². The average Bonchev–Trinajstić information content (AvgIpc) is 2.99. The first kappa shape index (κ1) is 19.0. The molecule has 0 spiro atoms. The average molecular weight is 380 g/mol. The number of hydrogen-bond acceptors (Lipinski definition) is 7. The van der Waals surface area contributed by atoms with Crippen LogP contribution >= 0.6 is 0 Å². The van der Waals surface area contributed by atoms with Crippen LogP contribution in [-0.4, -0.2) is 22.8 Å². The van der Waals surface area contributed by atoms with Gasteiger partial charge in [0.15, 0.2) is 5.70 Å². The maximum Gasteiger partial charge on any atom is 0.363 e. The lowest BCUT2D eigenvalue weighted by atomic mass is 10.0. The number of cyclic esters (lactones) is 1. The number of carbonyl (C=O) groups excluding carboxylic acids is 2. The smallest absolute Gasteiger partial charge is 0.363 e.